The molecule has 1 unspecified atom stereocenters. The molecule has 0 radical (unpaired) electrons. The molecule has 1 atom stereocenters. The van der Waals surface area contributed by atoms with E-state index in [0.29, 0.717) is 0 Å². The van der Waals surface area contributed by atoms with Gasteiger partial charge in [0.1, 0.15) is 5.82 Å². The lowest BCUT2D eigenvalue weighted by Crippen LogP contribution is -2.14. The van der Waals surface area contributed by atoms with Gasteiger partial charge in [0.25, 0.3) is 0 Å². The van der Waals surface area contributed by atoms with Gasteiger partial charge in [-0.2, -0.15) is 0 Å². The molecule has 1 N–H and O–H groups in total. The van der Waals surface area contributed by atoms with Crippen molar-refractivity contribution < 1.29 is 4.74 Å². The van der Waals surface area contributed by atoms with Crippen molar-refractivity contribution in [1.82, 2.24) is 15.3 Å². The Bertz CT molecular complexity index is 274. The lowest BCUT2D eigenvalue weighted by Gasteiger charge is -2.08. The van der Waals surface area contributed by atoms with E-state index in [2.05, 4.69) is 22.2 Å². The molecule has 0 saturated carbocycles. The fourth-order valence-electron chi connectivity index (χ4n) is 1.19. The number of nitrogens with zero attached hydrogens (tertiary/aromatic N) is 2. The predicted molar refractivity (Wildman–Crippen MR) is 59.6 cm³/mol. The number of methoxy groups -OCH3 is 1. The summed E-state index contributed by atoms with van der Waals surface area (Å²) in [6.07, 6.45) is 4.67. The number of ether oxygens (including phenoxy) is 1. The molecule has 1 heterocycles. The number of nitrogens with one attached hydrogen (secondary N) is 1. The van der Waals surface area contributed by atoms with Crippen LogP contribution in [0, 0.1) is 0 Å². The van der Waals surface area contributed by atoms with Gasteiger partial charge in [-0.25, -0.2) is 9.97 Å². The Morgan fingerprint density at radius 3 is 2.60 bits per heavy atom. The van der Waals surface area contributed by atoms with E-state index in [9.17, 15) is 0 Å². The van der Waals surface area contributed by atoms with Crippen LogP contribution in [0.4, 0.5) is 0 Å². The van der Waals surface area contributed by atoms with Crippen LogP contribution in [0.1, 0.15) is 25.2 Å². The highest BCUT2D eigenvalue weighted by molar-refractivity contribution is 5.05. The predicted octanol–water partition coefficient (Wildman–Crippen LogP) is 1.16. The fourth-order valence-corrected chi connectivity index (χ4v) is 1.19. The van der Waals surface area contributed by atoms with Gasteiger partial charge in [-0.1, -0.05) is 6.92 Å². The third-order valence-corrected chi connectivity index (χ3v) is 2.21. The largest absolute Gasteiger partial charge is 0.381 e. The quantitative estimate of drug-likeness (QED) is 0.764. The van der Waals surface area contributed by atoms with Gasteiger partial charge < -0.3 is 10.1 Å². The summed E-state index contributed by atoms with van der Waals surface area (Å²) >= 11 is 0. The molecule has 1 rings (SSSR count). The molecule has 0 spiro atoms. The van der Waals surface area contributed by atoms with E-state index < -0.39 is 0 Å². The molecule has 0 aliphatic carbocycles. The van der Waals surface area contributed by atoms with Gasteiger partial charge in [0.05, 0.1) is 6.10 Å². The van der Waals surface area contributed by atoms with E-state index >= 15 is 0 Å². The van der Waals surface area contributed by atoms with E-state index in [-0.39, 0.29) is 6.10 Å². The first kappa shape index (κ1) is 12.1. The number of hydrogen-bond donors (Lipinski definition) is 1. The summed E-state index contributed by atoms with van der Waals surface area (Å²) < 4.78 is 5.16. The zero-order chi connectivity index (χ0) is 11.1. The van der Waals surface area contributed by atoms with Crippen LogP contribution in [0.15, 0.2) is 12.4 Å². The zero-order valence-corrected chi connectivity index (χ0v) is 9.66. The smallest absolute Gasteiger partial charge is 0.130 e. The number of hydrogen-bond acceptors (Lipinski definition) is 4. The van der Waals surface area contributed by atoms with Gasteiger partial charge in [-0.05, 0) is 13.5 Å². The van der Waals surface area contributed by atoms with Crippen LogP contribution in [0.3, 0.4) is 0 Å². The highest BCUT2D eigenvalue weighted by Crippen LogP contribution is 2.00. The fraction of sp³-hybridized carbons (Fsp3) is 0.636. The SMILES string of the molecule is CCNCc1cnc(CC(C)OC)nc1. The molecule has 4 heteroatoms. The highest BCUT2D eigenvalue weighted by atomic mass is 16.5. The summed E-state index contributed by atoms with van der Waals surface area (Å²) in [5.74, 6) is 0.838. The summed E-state index contributed by atoms with van der Waals surface area (Å²) in [6.45, 7) is 5.88. The highest BCUT2D eigenvalue weighted by Gasteiger charge is 2.03. The van der Waals surface area contributed by atoms with E-state index in [1.54, 1.807) is 7.11 Å². The van der Waals surface area contributed by atoms with Crippen LogP contribution >= 0.6 is 0 Å². The molecule has 84 valence electrons. The van der Waals surface area contributed by atoms with E-state index in [1.807, 2.05) is 19.3 Å². The normalized spacial score (nSPS) is 12.7. The molecule has 0 bridgehead atoms. The lowest BCUT2D eigenvalue weighted by atomic mass is 10.2. The summed E-state index contributed by atoms with van der Waals surface area (Å²) in [7, 11) is 1.70. The monoisotopic (exact) mass is 209 g/mol. The lowest BCUT2D eigenvalue weighted by molar-refractivity contribution is 0.117. The van der Waals surface area contributed by atoms with Gasteiger partial charge in [0.15, 0.2) is 0 Å². The summed E-state index contributed by atoms with van der Waals surface area (Å²) in [5.41, 5.74) is 1.12. The van der Waals surface area contributed by atoms with Gasteiger partial charge in [0.2, 0.25) is 0 Å². The zero-order valence-electron chi connectivity index (χ0n) is 9.66. The van der Waals surface area contributed by atoms with Crippen LogP contribution in [0.5, 0.6) is 0 Å². The third-order valence-electron chi connectivity index (χ3n) is 2.21. The van der Waals surface area contributed by atoms with Crippen molar-refractivity contribution in [3.63, 3.8) is 0 Å². The summed E-state index contributed by atoms with van der Waals surface area (Å²) in [5, 5.41) is 3.23. The average molecular weight is 209 g/mol. The third kappa shape index (κ3) is 4.36. The van der Waals surface area contributed by atoms with Crippen LogP contribution in [0.2, 0.25) is 0 Å². The molecular weight excluding hydrogens is 190 g/mol. The molecule has 0 amide bonds. The minimum absolute atomic E-state index is 0.171. The molecule has 1 aromatic heterocycles. The summed E-state index contributed by atoms with van der Waals surface area (Å²) in [6, 6.07) is 0. The summed E-state index contributed by atoms with van der Waals surface area (Å²) in [4.78, 5) is 8.58. The Morgan fingerprint density at radius 1 is 1.40 bits per heavy atom. The Balaban J connectivity index is 2.48. The van der Waals surface area contributed by atoms with Crippen molar-refractivity contribution in [2.24, 2.45) is 0 Å². The van der Waals surface area contributed by atoms with Gasteiger partial charge in [-0.15, -0.1) is 0 Å². The van der Waals surface area contributed by atoms with Crippen LogP contribution < -0.4 is 5.32 Å². The maximum Gasteiger partial charge on any atom is 0.130 e. The first-order valence-electron chi connectivity index (χ1n) is 5.29. The second kappa shape index (κ2) is 6.48. The molecule has 0 fully saturated rings. The molecular formula is C11H19N3O. The Labute approximate surface area is 91.1 Å². The molecule has 0 saturated heterocycles. The topological polar surface area (TPSA) is 47.0 Å². The van der Waals surface area contributed by atoms with Gasteiger partial charge in [0, 0.05) is 38.0 Å². The standard InChI is InChI=1S/C11H19N3O/c1-4-12-6-10-7-13-11(14-8-10)5-9(2)15-3/h7-9,12H,4-6H2,1-3H3. The Hall–Kier alpha value is -1.00. The van der Waals surface area contributed by atoms with Crippen LogP contribution in [-0.2, 0) is 17.7 Å². The Morgan fingerprint density at radius 2 is 2.07 bits per heavy atom. The molecule has 0 aromatic carbocycles. The minimum Gasteiger partial charge on any atom is -0.381 e. The van der Waals surface area contributed by atoms with E-state index in [4.69, 9.17) is 4.74 Å². The average Bonchev–Trinajstić information content (AvgIpc) is 2.28. The van der Waals surface area contributed by atoms with Crippen molar-refractivity contribution in [2.75, 3.05) is 13.7 Å². The van der Waals surface area contributed by atoms with Crippen LogP contribution in [-0.4, -0.2) is 29.7 Å². The second-order valence-electron chi connectivity index (χ2n) is 3.54. The van der Waals surface area contributed by atoms with Crippen molar-refractivity contribution in [1.29, 1.82) is 0 Å². The number of rotatable bonds is 6. The first-order valence-corrected chi connectivity index (χ1v) is 5.29. The minimum atomic E-state index is 0.171. The molecule has 4 nitrogen and oxygen atoms in total. The van der Waals surface area contributed by atoms with E-state index in [0.717, 1.165) is 30.9 Å². The van der Waals surface area contributed by atoms with Crippen molar-refractivity contribution in [3.8, 4) is 0 Å². The van der Waals surface area contributed by atoms with Gasteiger partial charge in [-0.3, -0.25) is 0 Å². The Kier molecular flexibility index (Phi) is 5.21. The van der Waals surface area contributed by atoms with E-state index in [1.165, 1.54) is 0 Å². The molecule has 1 aromatic rings. The molecule has 0 aliphatic rings. The second-order valence-corrected chi connectivity index (χ2v) is 3.54. The number of aromatic nitrogens is 2. The molecule has 15 heavy (non-hydrogen) atoms. The molecule has 0 aliphatic heterocycles. The van der Waals surface area contributed by atoms with Crippen LogP contribution in [0.25, 0.3) is 0 Å². The first-order chi connectivity index (χ1) is 7.26. The van der Waals surface area contributed by atoms with Crippen molar-refractivity contribution >= 4 is 0 Å². The maximum absolute atomic E-state index is 5.16. The van der Waals surface area contributed by atoms with Crippen molar-refractivity contribution in [3.05, 3.63) is 23.8 Å². The van der Waals surface area contributed by atoms with Gasteiger partial charge >= 0.3 is 0 Å². The van der Waals surface area contributed by atoms with Crippen molar-refractivity contribution in [2.45, 2.75) is 32.9 Å². The maximum atomic E-state index is 5.16.